The topological polar surface area (TPSA) is 173 Å². The van der Waals surface area contributed by atoms with Crippen LogP contribution >= 0.6 is 0 Å². The van der Waals surface area contributed by atoms with E-state index in [0.29, 0.717) is 12.4 Å². The number of aromatic nitrogens is 4. The summed E-state index contributed by atoms with van der Waals surface area (Å²) in [5.74, 6) is 0.905. The van der Waals surface area contributed by atoms with Crippen molar-refractivity contribution in [2.45, 2.75) is 31.1 Å². The van der Waals surface area contributed by atoms with Crippen LogP contribution in [0, 0.1) is 0 Å². The Morgan fingerprint density at radius 1 is 1.08 bits per heavy atom. The Morgan fingerprint density at radius 2 is 1.86 bits per heavy atom. The van der Waals surface area contributed by atoms with Crippen LogP contribution in [0.25, 0.3) is 11.2 Å². The summed E-state index contributed by atoms with van der Waals surface area (Å²) in [4.78, 5) is 12.6. The highest BCUT2D eigenvalue weighted by Crippen LogP contribution is 2.35. The van der Waals surface area contributed by atoms with Gasteiger partial charge in [0, 0.05) is 5.56 Å². The highest BCUT2D eigenvalue weighted by atomic mass is 16.6. The van der Waals surface area contributed by atoms with Crippen molar-refractivity contribution in [3.8, 4) is 5.75 Å². The van der Waals surface area contributed by atoms with Gasteiger partial charge in [0.2, 0.25) is 5.95 Å². The monoisotopic (exact) mass is 491 g/mol. The Bertz CT molecular complexity index is 1360. The molecule has 6 N–H and O–H groups in total. The number of nitrogen functional groups attached to an aromatic ring is 1. The lowest BCUT2D eigenvalue weighted by Crippen LogP contribution is -2.33. The van der Waals surface area contributed by atoms with Gasteiger partial charge in [0.05, 0.1) is 12.8 Å². The van der Waals surface area contributed by atoms with E-state index in [1.807, 2.05) is 54.6 Å². The summed E-state index contributed by atoms with van der Waals surface area (Å²) in [5.41, 5.74) is 11.1. The molecule has 0 aliphatic carbocycles. The molecule has 4 atom stereocenters. The molecule has 1 aliphatic heterocycles. The average molecular weight is 492 g/mol. The van der Waals surface area contributed by atoms with Crippen molar-refractivity contribution in [1.82, 2.24) is 19.5 Å². The number of nitrogens with one attached hydrogen (secondary N) is 1. The van der Waals surface area contributed by atoms with E-state index in [1.165, 1.54) is 10.9 Å². The Hall–Kier alpha value is -4.10. The highest BCUT2D eigenvalue weighted by Gasteiger charge is 2.45. The second-order valence-corrected chi connectivity index (χ2v) is 8.15. The number of aliphatic hydroxyl groups is 3. The molecule has 12 heteroatoms. The number of hydrazone groups is 1. The maximum atomic E-state index is 10.6. The zero-order valence-corrected chi connectivity index (χ0v) is 19.0. The van der Waals surface area contributed by atoms with Crippen LogP contribution in [-0.2, 0) is 11.3 Å². The number of imidazole rings is 1. The molecule has 1 aliphatic rings. The first-order chi connectivity index (χ1) is 17.6. The summed E-state index contributed by atoms with van der Waals surface area (Å²) >= 11 is 0. The van der Waals surface area contributed by atoms with Crippen molar-refractivity contribution in [1.29, 1.82) is 0 Å². The molecule has 0 unspecified atom stereocenters. The van der Waals surface area contributed by atoms with Crippen LogP contribution in [0.4, 0.5) is 11.8 Å². The van der Waals surface area contributed by atoms with Gasteiger partial charge in [0.1, 0.15) is 37.0 Å². The van der Waals surface area contributed by atoms with Crippen LogP contribution in [0.1, 0.15) is 17.4 Å². The Balaban J connectivity index is 1.41. The van der Waals surface area contributed by atoms with Gasteiger partial charge < -0.3 is 30.5 Å². The third-order valence-electron chi connectivity index (χ3n) is 5.80. The van der Waals surface area contributed by atoms with E-state index in [1.54, 1.807) is 6.21 Å². The van der Waals surface area contributed by atoms with E-state index < -0.39 is 31.1 Å². The third kappa shape index (κ3) is 4.57. The molecule has 0 spiro atoms. The molecule has 1 saturated heterocycles. The molecule has 0 saturated carbocycles. The van der Waals surface area contributed by atoms with E-state index in [-0.39, 0.29) is 22.9 Å². The lowest BCUT2D eigenvalue weighted by Gasteiger charge is -2.18. The summed E-state index contributed by atoms with van der Waals surface area (Å²) in [6.07, 6.45) is -1.92. The van der Waals surface area contributed by atoms with E-state index in [2.05, 4.69) is 25.5 Å². The Kier molecular flexibility index (Phi) is 6.73. The van der Waals surface area contributed by atoms with Crippen LogP contribution in [0.15, 0.2) is 66.0 Å². The number of aliphatic hydroxyl groups excluding tert-OH is 3. The largest absolute Gasteiger partial charge is 0.488 e. The molecule has 4 aromatic rings. The minimum absolute atomic E-state index is 0.122. The maximum absolute atomic E-state index is 10.6. The molecule has 1 fully saturated rings. The van der Waals surface area contributed by atoms with Crippen molar-refractivity contribution in [3.05, 3.63) is 72.1 Å². The van der Waals surface area contributed by atoms with E-state index in [9.17, 15) is 15.3 Å². The molecule has 0 bridgehead atoms. The Labute approximate surface area is 205 Å². The van der Waals surface area contributed by atoms with Crippen LogP contribution < -0.4 is 15.9 Å². The summed E-state index contributed by atoms with van der Waals surface area (Å²) < 4.78 is 13.1. The number of nitrogens with two attached hydrogens (primary N) is 1. The predicted octanol–water partition coefficient (Wildman–Crippen LogP) is 1.04. The fourth-order valence-corrected chi connectivity index (χ4v) is 3.95. The lowest BCUT2D eigenvalue weighted by molar-refractivity contribution is -0.0501. The number of benzene rings is 2. The number of nitrogens with zero attached hydrogens (tertiary/aromatic N) is 5. The lowest BCUT2D eigenvalue weighted by atomic mass is 10.1. The number of anilines is 2. The maximum Gasteiger partial charge on any atom is 0.228 e. The van der Waals surface area contributed by atoms with Crippen molar-refractivity contribution < 1.29 is 24.8 Å². The standard InChI is InChI=1S/C24H25N7O5/c25-21-18-22(27-13-26-21)31(23-20(34)19(33)17(11-32)36-23)24(29-18)30-28-10-15-8-4-5-9-16(15)35-12-14-6-2-1-3-7-14/h1-10,13,17,19-20,23,32-34H,11-12H2,(H,29,30)(H2,25,26,27)/b28-10-/t17-,19-,20-,23-/m1/s1. The number of para-hydroxylation sites is 1. The van der Waals surface area contributed by atoms with Gasteiger partial charge in [-0.1, -0.05) is 42.5 Å². The van der Waals surface area contributed by atoms with Crippen LogP contribution in [-0.4, -0.2) is 66.0 Å². The molecule has 2 aromatic carbocycles. The molecule has 3 heterocycles. The second-order valence-electron chi connectivity index (χ2n) is 8.15. The molecule has 0 amide bonds. The van der Waals surface area contributed by atoms with E-state index >= 15 is 0 Å². The van der Waals surface area contributed by atoms with Gasteiger partial charge in [-0.2, -0.15) is 5.10 Å². The van der Waals surface area contributed by atoms with Gasteiger partial charge >= 0.3 is 0 Å². The zero-order valence-electron chi connectivity index (χ0n) is 19.0. The number of hydrogen-bond acceptors (Lipinski definition) is 11. The Morgan fingerprint density at radius 3 is 2.64 bits per heavy atom. The first-order valence-electron chi connectivity index (χ1n) is 11.2. The van der Waals surface area contributed by atoms with Crippen LogP contribution in [0.2, 0.25) is 0 Å². The SMILES string of the molecule is Nc1ncnc2c1nc(N/N=C\c1ccccc1OCc1ccccc1)n2[C@@H]1O[C@H](CO)[C@@H](O)[C@H]1O. The van der Waals surface area contributed by atoms with Gasteiger partial charge in [-0.05, 0) is 17.7 Å². The number of fused-ring (bicyclic) bond motifs is 1. The summed E-state index contributed by atoms with van der Waals surface area (Å²) in [7, 11) is 0. The molecule has 186 valence electrons. The van der Waals surface area contributed by atoms with Crippen LogP contribution in [0.3, 0.4) is 0 Å². The first kappa shape index (κ1) is 23.6. The van der Waals surface area contributed by atoms with Crippen molar-refractivity contribution in [2.24, 2.45) is 5.10 Å². The molecule has 5 rings (SSSR count). The molecule has 36 heavy (non-hydrogen) atoms. The normalized spacial score (nSPS) is 21.9. The molecular formula is C24H25N7O5. The van der Waals surface area contributed by atoms with Gasteiger partial charge in [-0.3, -0.25) is 4.57 Å². The van der Waals surface area contributed by atoms with Crippen molar-refractivity contribution in [2.75, 3.05) is 17.8 Å². The van der Waals surface area contributed by atoms with Gasteiger partial charge in [-0.15, -0.1) is 0 Å². The second kappa shape index (κ2) is 10.3. The van der Waals surface area contributed by atoms with Crippen molar-refractivity contribution in [3.63, 3.8) is 0 Å². The fourth-order valence-electron chi connectivity index (χ4n) is 3.95. The first-order valence-corrected chi connectivity index (χ1v) is 11.2. The minimum atomic E-state index is -1.35. The average Bonchev–Trinajstić information content (AvgIpc) is 3.41. The summed E-state index contributed by atoms with van der Waals surface area (Å²) in [6, 6.07) is 17.2. The summed E-state index contributed by atoms with van der Waals surface area (Å²) in [6.45, 7) is -0.0721. The number of rotatable bonds is 8. The fraction of sp³-hybridized carbons (Fsp3) is 0.250. The third-order valence-corrected chi connectivity index (χ3v) is 5.80. The molecular weight excluding hydrogens is 466 g/mol. The number of hydrogen-bond donors (Lipinski definition) is 5. The highest BCUT2D eigenvalue weighted by molar-refractivity contribution is 5.85. The van der Waals surface area contributed by atoms with Crippen LogP contribution in [0.5, 0.6) is 5.75 Å². The molecule has 2 aromatic heterocycles. The van der Waals surface area contributed by atoms with Crippen molar-refractivity contribution >= 4 is 29.1 Å². The smallest absolute Gasteiger partial charge is 0.228 e. The summed E-state index contributed by atoms with van der Waals surface area (Å²) in [5, 5.41) is 34.6. The van der Waals surface area contributed by atoms with Gasteiger partial charge in [-0.25, -0.2) is 20.4 Å². The predicted molar refractivity (Wildman–Crippen MR) is 131 cm³/mol. The van der Waals surface area contributed by atoms with E-state index in [0.717, 1.165) is 11.1 Å². The molecule has 12 nitrogen and oxygen atoms in total. The number of ether oxygens (including phenoxy) is 2. The van der Waals surface area contributed by atoms with Gasteiger partial charge in [0.25, 0.3) is 0 Å². The molecule has 0 radical (unpaired) electrons. The minimum Gasteiger partial charge on any atom is -0.488 e. The van der Waals surface area contributed by atoms with E-state index in [4.69, 9.17) is 15.2 Å². The van der Waals surface area contributed by atoms with Gasteiger partial charge in [0.15, 0.2) is 23.2 Å². The quantitative estimate of drug-likeness (QED) is 0.177. The zero-order chi connectivity index (χ0) is 25.1.